The molecule has 1 heterocycles. The first-order valence-electron chi connectivity index (χ1n) is 5.38. The molecule has 2 unspecified atom stereocenters. The summed E-state index contributed by atoms with van der Waals surface area (Å²) < 4.78 is 0. The van der Waals surface area contributed by atoms with Gasteiger partial charge in [-0.2, -0.15) is 0 Å². The topological polar surface area (TPSA) is 70.2 Å². The number of carbonyl (C=O) groups excluding carboxylic acids is 2. The van der Waals surface area contributed by atoms with Crippen molar-refractivity contribution in [2.75, 3.05) is 20.1 Å². The maximum absolute atomic E-state index is 11.6. The summed E-state index contributed by atoms with van der Waals surface area (Å²) >= 11 is 0. The second kappa shape index (κ2) is 5.70. The lowest BCUT2D eigenvalue weighted by Crippen LogP contribution is -2.51. The minimum Gasteiger partial charge on any atom is -0.354 e. The van der Waals surface area contributed by atoms with E-state index in [1.165, 1.54) is 0 Å². The van der Waals surface area contributed by atoms with E-state index < -0.39 is 0 Å². The third kappa shape index (κ3) is 3.51. The number of hydrogen-bond acceptors (Lipinski definition) is 3. The van der Waals surface area contributed by atoms with Gasteiger partial charge in [0, 0.05) is 19.0 Å². The molecule has 0 spiro atoms. The van der Waals surface area contributed by atoms with Crippen LogP contribution in [0.1, 0.15) is 19.8 Å². The lowest BCUT2D eigenvalue weighted by atomic mass is 10.1. The van der Waals surface area contributed by atoms with Gasteiger partial charge in [-0.25, -0.2) is 0 Å². The van der Waals surface area contributed by atoms with Gasteiger partial charge in [0.2, 0.25) is 11.8 Å². The molecule has 1 aliphatic heterocycles. The molecule has 0 aromatic rings. The molecular weight excluding hydrogens is 194 g/mol. The van der Waals surface area contributed by atoms with Gasteiger partial charge >= 0.3 is 0 Å². The van der Waals surface area contributed by atoms with Crippen LogP contribution in [-0.4, -0.2) is 38.0 Å². The zero-order chi connectivity index (χ0) is 11.3. The fourth-order valence-corrected chi connectivity index (χ4v) is 1.62. The summed E-state index contributed by atoms with van der Waals surface area (Å²) in [6, 6.07) is -0.342. The lowest BCUT2D eigenvalue weighted by Gasteiger charge is -2.24. The summed E-state index contributed by atoms with van der Waals surface area (Å²) in [7, 11) is 1.80. The number of carbonyl (C=O) groups is 2. The molecule has 1 fully saturated rings. The van der Waals surface area contributed by atoms with Gasteiger partial charge in [-0.3, -0.25) is 9.59 Å². The average Bonchev–Trinajstić information content (AvgIpc) is 2.21. The molecule has 0 radical (unpaired) electrons. The third-order valence-electron chi connectivity index (χ3n) is 2.56. The van der Waals surface area contributed by atoms with E-state index in [2.05, 4.69) is 16.0 Å². The fourth-order valence-electron chi connectivity index (χ4n) is 1.62. The third-order valence-corrected chi connectivity index (χ3v) is 2.56. The van der Waals surface area contributed by atoms with Crippen molar-refractivity contribution in [1.82, 2.24) is 16.0 Å². The molecule has 1 saturated heterocycles. The summed E-state index contributed by atoms with van der Waals surface area (Å²) in [5.74, 6) is -0.234. The largest absolute Gasteiger partial charge is 0.354 e. The highest BCUT2D eigenvalue weighted by atomic mass is 16.2. The van der Waals surface area contributed by atoms with Crippen LogP contribution in [0.15, 0.2) is 0 Å². The van der Waals surface area contributed by atoms with E-state index in [9.17, 15) is 9.59 Å². The second-order valence-corrected chi connectivity index (χ2v) is 3.95. The van der Waals surface area contributed by atoms with E-state index >= 15 is 0 Å². The summed E-state index contributed by atoms with van der Waals surface area (Å²) in [6.45, 7) is 3.18. The number of nitrogens with one attached hydrogen (secondary N) is 3. The first-order valence-corrected chi connectivity index (χ1v) is 5.38. The van der Waals surface area contributed by atoms with Crippen molar-refractivity contribution in [1.29, 1.82) is 0 Å². The molecule has 1 aliphatic rings. The van der Waals surface area contributed by atoms with Crippen molar-refractivity contribution in [2.24, 2.45) is 5.92 Å². The molecule has 3 N–H and O–H groups in total. The summed E-state index contributed by atoms with van der Waals surface area (Å²) in [4.78, 5) is 23.0. The van der Waals surface area contributed by atoms with Crippen LogP contribution in [0.2, 0.25) is 0 Å². The van der Waals surface area contributed by atoms with Crippen LogP contribution in [0.5, 0.6) is 0 Å². The van der Waals surface area contributed by atoms with E-state index in [0.29, 0.717) is 6.54 Å². The maximum atomic E-state index is 11.6. The highest BCUT2D eigenvalue weighted by Gasteiger charge is 2.25. The van der Waals surface area contributed by atoms with Crippen LogP contribution in [0.25, 0.3) is 0 Å². The minimum atomic E-state index is -0.342. The Morgan fingerprint density at radius 1 is 1.67 bits per heavy atom. The molecule has 0 bridgehead atoms. The van der Waals surface area contributed by atoms with Crippen molar-refractivity contribution in [2.45, 2.75) is 25.8 Å². The molecule has 5 nitrogen and oxygen atoms in total. The van der Waals surface area contributed by atoms with Gasteiger partial charge in [0.15, 0.2) is 0 Å². The van der Waals surface area contributed by atoms with Gasteiger partial charge in [0.1, 0.15) is 6.04 Å². The summed E-state index contributed by atoms with van der Waals surface area (Å²) in [5.41, 5.74) is 0. The van der Waals surface area contributed by atoms with Gasteiger partial charge < -0.3 is 16.0 Å². The zero-order valence-corrected chi connectivity index (χ0v) is 9.30. The molecule has 1 rings (SSSR count). The quantitative estimate of drug-likeness (QED) is 0.575. The number of piperidine rings is 1. The Labute approximate surface area is 90.0 Å². The Hall–Kier alpha value is -1.10. The molecule has 15 heavy (non-hydrogen) atoms. The Kier molecular flexibility index (Phi) is 4.55. The number of amides is 2. The minimum absolute atomic E-state index is 0.0635. The molecule has 2 amide bonds. The molecule has 86 valence electrons. The van der Waals surface area contributed by atoms with Gasteiger partial charge in [-0.05, 0) is 19.9 Å². The fraction of sp³-hybridized carbons (Fsp3) is 0.800. The normalized spacial score (nSPS) is 23.1. The van der Waals surface area contributed by atoms with Crippen LogP contribution < -0.4 is 16.0 Å². The van der Waals surface area contributed by atoms with E-state index in [1.807, 2.05) is 6.92 Å². The highest BCUT2D eigenvalue weighted by Crippen LogP contribution is 2.04. The molecule has 0 aromatic carbocycles. The van der Waals surface area contributed by atoms with E-state index in [1.54, 1.807) is 7.05 Å². The van der Waals surface area contributed by atoms with Crippen molar-refractivity contribution in [3.63, 3.8) is 0 Å². The van der Waals surface area contributed by atoms with E-state index in [0.717, 1.165) is 19.4 Å². The van der Waals surface area contributed by atoms with Crippen molar-refractivity contribution in [3.8, 4) is 0 Å². The van der Waals surface area contributed by atoms with Crippen molar-refractivity contribution >= 4 is 11.8 Å². The predicted molar refractivity (Wildman–Crippen MR) is 57.3 cm³/mol. The van der Waals surface area contributed by atoms with Crippen LogP contribution in [0, 0.1) is 5.92 Å². The van der Waals surface area contributed by atoms with Gasteiger partial charge in [0.25, 0.3) is 0 Å². The number of rotatable bonds is 4. The maximum Gasteiger partial charge on any atom is 0.242 e. The number of hydrogen-bond donors (Lipinski definition) is 3. The highest BCUT2D eigenvalue weighted by molar-refractivity contribution is 5.88. The second-order valence-electron chi connectivity index (χ2n) is 3.95. The average molecular weight is 213 g/mol. The van der Waals surface area contributed by atoms with Crippen LogP contribution in [0.4, 0.5) is 0 Å². The van der Waals surface area contributed by atoms with Crippen LogP contribution in [-0.2, 0) is 9.59 Å². The molecule has 2 atom stereocenters. The Balaban J connectivity index is 2.39. The first kappa shape index (κ1) is 12.0. The summed E-state index contributed by atoms with van der Waals surface area (Å²) in [5, 5.41) is 8.44. The zero-order valence-electron chi connectivity index (χ0n) is 9.30. The van der Waals surface area contributed by atoms with Crippen LogP contribution in [0.3, 0.4) is 0 Å². The SMILES string of the molecule is CNCC(C)C(=O)NC1CCCNC1=O. The van der Waals surface area contributed by atoms with Gasteiger partial charge in [0.05, 0.1) is 0 Å². The Morgan fingerprint density at radius 3 is 3.00 bits per heavy atom. The summed E-state index contributed by atoms with van der Waals surface area (Å²) in [6.07, 6.45) is 1.67. The molecule has 0 saturated carbocycles. The van der Waals surface area contributed by atoms with Crippen molar-refractivity contribution < 1.29 is 9.59 Å². The van der Waals surface area contributed by atoms with Gasteiger partial charge in [-0.1, -0.05) is 6.92 Å². The smallest absolute Gasteiger partial charge is 0.242 e. The van der Waals surface area contributed by atoms with E-state index in [4.69, 9.17) is 0 Å². The first-order chi connectivity index (χ1) is 7.15. The lowest BCUT2D eigenvalue weighted by molar-refractivity contribution is -0.131. The molecule has 0 aliphatic carbocycles. The van der Waals surface area contributed by atoms with Crippen LogP contribution >= 0.6 is 0 Å². The Morgan fingerprint density at radius 2 is 2.40 bits per heavy atom. The molecular formula is C10H19N3O2. The monoisotopic (exact) mass is 213 g/mol. The van der Waals surface area contributed by atoms with Gasteiger partial charge in [-0.15, -0.1) is 0 Å². The van der Waals surface area contributed by atoms with Crippen molar-refractivity contribution in [3.05, 3.63) is 0 Å². The predicted octanol–water partition coefficient (Wildman–Crippen LogP) is -0.763. The molecule has 0 aromatic heterocycles. The van der Waals surface area contributed by atoms with E-state index in [-0.39, 0.29) is 23.8 Å². The standard InChI is InChI=1S/C10H19N3O2/c1-7(6-11-2)9(14)13-8-4-3-5-12-10(8)15/h7-8,11H,3-6H2,1-2H3,(H,12,15)(H,13,14). The Bertz CT molecular complexity index is 243. The molecule has 5 heteroatoms.